The zero-order chi connectivity index (χ0) is 15.5. The van der Waals surface area contributed by atoms with Crippen LogP contribution in [0.2, 0.25) is 0 Å². The first-order chi connectivity index (χ1) is 10.8. The van der Waals surface area contributed by atoms with Crippen LogP contribution >= 0.6 is 0 Å². The van der Waals surface area contributed by atoms with Gasteiger partial charge in [0.15, 0.2) is 0 Å². The minimum atomic E-state index is -0.537. The molecule has 2 rings (SSSR count). The van der Waals surface area contributed by atoms with Gasteiger partial charge in [-0.1, -0.05) is 77.0 Å². The summed E-state index contributed by atoms with van der Waals surface area (Å²) >= 11 is 0. The Balaban J connectivity index is 1.48. The number of hydrogen-bond acceptors (Lipinski definition) is 1. The lowest BCUT2D eigenvalue weighted by atomic mass is 9.95. The molecule has 0 aromatic rings. The van der Waals surface area contributed by atoms with Crippen molar-refractivity contribution in [1.29, 1.82) is 0 Å². The van der Waals surface area contributed by atoms with Gasteiger partial charge in [-0.15, -0.1) is 0 Å². The lowest BCUT2D eigenvalue weighted by Crippen LogP contribution is -2.08. The van der Waals surface area contributed by atoms with Crippen LogP contribution in [0.5, 0.6) is 0 Å². The van der Waals surface area contributed by atoms with E-state index >= 15 is 0 Å². The Kier molecular flexibility index (Phi) is 9.79. The van der Waals surface area contributed by atoms with Crippen molar-refractivity contribution in [1.82, 2.24) is 0 Å². The summed E-state index contributed by atoms with van der Waals surface area (Å²) in [6.45, 7) is 0. The summed E-state index contributed by atoms with van der Waals surface area (Å²) < 4.78 is 12.2. The maximum absolute atomic E-state index is 12.2. The first kappa shape index (κ1) is 18.5. The Morgan fingerprint density at radius 1 is 0.591 bits per heavy atom. The van der Waals surface area contributed by atoms with Crippen LogP contribution in [0.1, 0.15) is 103 Å². The summed E-state index contributed by atoms with van der Waals surface area (Å²) in [5.74, 6) is 3.85. The van der Waals surface area contributed by atoms with Crippen LogP contribution in [0.15, 0.2) is 0 Å². The highest BCUT2D eigenvalue weighted by atomic mass is 32.2. The standard InChI is InChI=1S/C20H38OS/c21-22(17-9-15-19-11-5-1-2-6-12-19)18-10-16-20-13-7-3-4-8-14-20/h19-20H,1-18H2. The van der Waals surface area contributed by atoms with E-state index in [1.54, 1.807) is 0 Å². The van der Waals surface area contributed by atoms with Crippen molar-refractivity contribution in [2.75, 3.05) is 11.5 Å². The molecule has 22 heavy (non-hydrogen) atoms. The first-order valence-corrected chi connectivity index (χ1v) is 11.7. The molecule has 2 aliphatic carbocycles. The van der Waals surface area contributed by atoms with Crippen molar-refractivity contribution in [2.24, 2.45) is 11.8 Å². The topological polar surface area (TPSA) is 17.1 Å². The van der Waals surface area contributed by atoms with Crippen LogP contribution in [0.3, 0.4) is 0 Å². The average molecular weight is 327 g/mol. The SMILES string of the molecule is O=S(CCCC1CCCCCC1)CCCC1CCCCCC1. The highest BCUT2D eigenvalue weighted by molar-refractivity contribution is 7.84. The molecule has 0 aliphatic heterocycles. The summed E-state index contributed by atoms with van der Waals surface area (Å²) in [7, 11) is -0.537. The third-order valence-electron chi connectivity index (χ3n) is 5.92. The van der Waals surface area contributed by atoms with Crippen LogP contribution in [-0.2, 0) is 10.8 Å². The van der Waals surface area contributed by atoms with Gasteiger partial charge in [0.1, 0.15) is 0 Å². The van der Waals surface area contributed by atoms with Gasteiger partial charge < -0.3 is 0 Å². The van der Waals surface area contributed by atoms with E-state index in [0.717, 1.165) is 23.3 Å². The molecule has 0 unspecified atom stereocenters. The smallest absolute Gasteiger partial charge is 0.0234 e. The molecule has 0 atom stereocenters. The average Bonchev–Trinajstić information content (AvgIpc) is 2.92. The van der Waals surface area contributed by atoms with Gasteiger partial charge in [-0.25, -0.2) is 0 Å². The predicted molar refractivity (Wildman–Crippen MR) is 98.7 cm³/mol. The largest absolute Gasteiger partial charge is 0.260 e. The minimum absolute atomic E-state index is 0.537. The van der Waals surface area contributed by atoms with Crippen molar-refractivity contribution in [3.8, 4) is 0 Å². The Labute approximate surface area is 141 Å². The van der Waals surface area contributed by atoms with Gasteiger partial charge in [0.2, 0.25) is 0 Å². The first-order valence-electron chi connectivity index (χ1n) is 10.2. The van der Waals surface area contributed by atoms with Gasteiger partial charge in [0, 0.05) is 22.3 Å². The predicted octanol–water partition coefficient (Wildman–Crippen LogP) is 6.24. The van der Waals surface area contributed by atoms with Crippen molar-refractivity contribution >= 4 is 10.8 Å². The summed E-state index contributed by atoms with van der Waals surface area (Å²) in [5.41, 5.74) is 0. The second kappa shape index (κ2) is 11.6. The second-order valence-electron chi connectivity index (χ2n) is 7.85. The van der Waals surface area contributed by atoms with E-state index in [-0.39, 0.29) is 0 Å². The summed E-state index contributed by atoms with van der Waals surface area (Å²) in [6, 6.07) is 0. The number of hydrogen-bond donors (Lipinski definition) is 0. The Hall–Kier alpha value is 0.150. The van der Waals surface area contributed by atoms with Gasteiger partial charge in [-0.2, -0.15) is 0 Å². The van der Waals surface area contributed by atoms with E-state index in [1.165, 1.54) is 103 Å². The van der Waals surface area contributed by atoms with Gasteiger partial charge in [-0.05, 0) is 37.5 Å². The molecule has 130 valence electrons. The van der Waals surface area contributed by atoms with Crippen molar-refractivity contribution in [2.45, 2.75) is 103 Å². The molecule has 2 heteroatoms. The Morgan fingerprint density at radius 3 is 1.32 bits per heavy atom. The zero-order valence-corrected chi connectivity index (χ0v) is 15.5. The molecular formula is C20H38OS. The molecule has 0 radical (unpaired) electrons. The molecule has 2 aliphatic rings. The van der Waals surface area contributed by atoms with E-state index in [4.69, 9.17) is 0 Å². The van der Waals surface area contributed by atoms with Gasteiger partial charge in [0.25, 0.3) is 0 Å². The van der Waals surface area contributed by atoms with Crippen LogP contribution in [0.25, 0.3) is 0 Å². The maximum Gasteiger partial charge on any atom is 0.0234 e. The molecule has 0 aromatic heterocycles. The molecule has 0 amide bonds. The monoisotopic (exact) mass is 326 g/mol. The zero-order valence-electron chi connectivity index (χ0n) is 14.7. The van der Waals surface area contributed by atoms with E-state index < -0.39 is 10.8 Å². The number of rotatable bonds is 8. The van der Waals surface area contributed by atoms with Crippen molar-refractivity contribution in [3.63, 3.8) is 0 Å². The molecule has 0 N–H and O–H groups in total. The molecule has 0 bridgehead atoms. The molecule has 0 heterocycles. The summed E-state index contributed by atoms with van der Waals surface area (Å²) in [6.07, 6.45) is 22.4. The van der Waals surface area contributed by atoms with E-state index in [1.807, 2.05) is 0 Å². The lowest BCUT2D eigenvalue weighted by Gasteiger charge is -2.14. The molecule has 2 saturated carbocycles. The Morgan fingerprint density at radius 2 is 0.955 bits per heavy atom. The van der Waals surface area contributed by atoms with Crippen LogP contribution in [0, 0.1) is 11.8 Å². The molecule has 1 nitrogen and oxygen atoms in total. The van der Waals surface area contributed by atoms with Gasteiger partial charge in [-0.3, -0.25) is 4.21 Å². The lowest BCUT2D eigenvalue weighted by molar-refractivity contribution is 0.422. The van der Waals surface area contributed by atoms with Crippen LogP contribution < -0.4 is 0 Å². The quantitative estimate of drug-likeness (QED) is 0.483. The summed E-state index contributed by atoms with van der Waals surface area (Å²) in [5, 5.41) is 0. The van der Waals surface area contributed by atoms with Crippen LogP contribution in [0.4, 0.5) is 0 Å². The third kappa shape index (κ3) is 8.13. The van der Waals surface area contributed by atoms with E-state index in [0.29, 0.717) is 0 Å². The van der Waals surface area contributed by atoms with Crippen molar-refractivity contribution < 1.29 is 4.21 Å². The fraction of sp³-hybridized carbons (Fsp3) is 1.00. The second-order valence-corrected chi connectivity index (χ2v) is 9.54. The van der Waals surface area contributed by atoms with E-state index in [2.05, 4.69) is 0 Å². The maximum atomic E-state index is 12.2. The van der Waals surface area contributed by atoms with E-state index in [9.17, 15) is 4.21 Å². The van der Waals surface area contributed by atoms with Gasteiger partial charge in [0.05, 0.1) is 0 Å². The van der Waals surface area contributed by atoms with Gasteiger partial charge >= 0.3 is 0 Å². The fourth-order valence-corrected chi connectivity index (χ4v) is 5.65. The minimum Gasteiger partial charge on any atom is -0.260 e. The molecule has 0 spiro atoms. The van der Waals surface area contributed by atoms with Crippen molar-refractivity contribution in [3.05, 3.63) is 0 Å². The fourth-order valence-electron chi connectivity index (χ4n) is 4.47. The normalized spacial score (nSPS) is 22.6. The highest BCUT2D eigenvalue weighted by Crippen LogP contribution is 2.27. The third-order valence-corrected chi connectivity index (χ3v) is 7.41. The molecular weight excluding hydrogens is 288 g/mol. The molecule has 0 saturated heterocycles. The van der Waals surface area contributed by atoms with Crippen LogP contribution in [-0.4, -0.2) is 15.7 Å². The summed E-state index contributed by atoms with van der Waals surface area (Å²) in [4.78, 5) is 0. The Bertz CT molecular complexity index is 258. The highest BCUT2D eigenvalue weighted by Gasteiger charge is 2.14. The molecule has 0 aromatic carbocycles. The molecule has 2 fully saturated rings.